The van der Waals surface area contributed by atoms with Crippen molar-refractivity contribution in [2.45, 2.75) is 51.2 Å². The molecule has 0 saturated carbocycles. The summed E-state index contributed by atoms with van der Waals surface area (Å²) in [5, 5.41) is 3.47. The summed E-state index contributed by atoms with van der Waals surface area (Å²) in [4.78, 5) is 0. The monoisotopic (exact) mass is 265 g/mol. The van der Waals surface area contributed by atoms with Crippen LogP contribution < -0.4 is 5.32 Å². The zero-order valence-corrected chi connectivity index (χ0v) is 11.9. The Hall–Kier alpha value is -0.930. The molecule has 1 heterocycles. The lowest BCUT2D eigenvalue weighted by atomic mass is 9.84. The molecule has 2 unspecified atom stereocenters. The third-order valence-corrected chi connectivity index (χ3v) is 3.92. The van der Waals surface area contributed by atoms with Crippen molar-refractivity contribution in [3.05, 3.63) is 35.6 Å². The molecule has 0 spiro atoms. The molecule has 3 heteroatoms. The Labute approximate surface area is 115 Å². The lowest BCUT2D eigenvalue weighted by Crippen LogP contribution is -2.46. The molecule has 0 amide bonds. The summed E-state index contributed by atoms with van der Waals surface area (Å²) < 4.78 is 20.1. The molecule has 1 aromatic carbocycles. The van der Waals surface area contributed by atoms with Crippen LogP contribution >= 0.6 is 0 Å². The largest absolute Gasteiger partial charge is 0.373 e. The molecule has 1 saturated heterocycles. The number of rotatable bonds is 5. The van der Waals surface area contributed by atoms with Crippen molar-refractivity contribution in [2.75, 3.05) is 13.2 Å². The maximum absolute atomic E-state index is 14.1. The number of hydrogen-bond acceptors (Lipinski definition) is 2. The van der Waals surface area contributed by atoms with Crippen molar-refractivity contribution in [3.8, 4) is 0 Å². The lowest BCUT2D eigenvalue weighted by molar-refractivity contribution is -0.0903. The first kappa shape index (κ1) is 14.5. The number of nitrogens with one attached hydrogen (secondary N) is 1. The van der Waals surface area contributed by atoms with Crippen molar-refractivity contribution in [1.82, 2.24) is 5.32 Å². The summed E-state index contributed by atoms with van der Waals surface area (Å²) in [7, 11) is 0. The third kappa shape index (κ3) is 3.34. The predicted octanol–water partition coefficient (Wildman–Crippen LogP) is 3.83. The fourth-order valence-corrected chi connectivity index (χ4v) is 2.84. The fourth-order valence-electron chi connectivity index (χ4n) is 2.84. The Kier molecular flexibility index (Phi) is 4.94. The highest BCUT2D eigenvalue weighted by Gasteiger charge is 2.38. The average Bonchev–Trinajstić information content (AvgIpc) is 2.42. The summed E-state index contributed by atoms with van der Waals surface area (Å²) in [6, 6.07) is 6.95. The van der Waals surface area contributed by atoms with Gasteiger partial charge in [0.15, 0.2) is 0 Å². The molecule has 1 fully saturated rings. The zero-order chi connectivity index (χ0) is 13.7. The Morgan fingerprint density at radius 1 is 1.37 bits per heavy atom. The van der Waals surface area contributed by atoms with E-state index in [1.165, 1.54) is 6.07 Å². The Morgan fingerprint density at radius 3 is 2.79 bits per heavy atom. The van der Waals surface area contributed by atoms with Gasteiger partial charge < -0.3 is 10.1 Å². The zero-order valence-electron chi connectivity index (χ0n) is 11.9. The highest BCUT2D eigenvalue weighted by molar-refractivity contribution is 5.24. The maximum Gasteiger partial charge on any atom is 0.128 e. The van der Waals surface area contributed by atoms with Gasteiger partial charge in [0.2, 0.25) is 0 Å². The SMILES string of the molecule is CCCNC(c1ccccc1F)C1(C)CCCCO1. The van der Waals surface area contributed by atoms with Crippen LogP contribution in [0.5, 0.6) is 0 Å². The number of benzene rings is 1. The van der Waals surface area contributed by atoms with Crippen LogP contribution in [-0.4, -0.2) is 18.8 Å². The van der Waals surface area contributed by atoms with Gasteiger partial charge in [-0.25, -0.2) is 4.39 Å². The van der Waals surface area contributed by atoms with Crippen LogP contribution in [0.2, 0.25) is 0 Å². The smallest absolute Gasteiger partial charge is 0.128 e. The van der Waals surface area contributed by atoms with E-state index < -0.39 is 0 Å². The van der Waals surface area contributed by atoms with Gasteiger partial charge in [-0.15, -0.1) is 0 Å². The molecule has 0 aliphatic carbocycles. The van der Waals surface area contributed by atoms with Crippen molar-refractivity contribution in [2.24, 2.45) is 0 Å². The van der Waals surface area contributed by atoms with E-state index in [9.17, 15) is 4.39 Å². The lowest BCUT2D eigenvalue weighted by Gasteiger charge is -2.41. The van der Waals surface area contributed by atoms with Gasteiger partial charge in [-0.1, -0.05) is 25.1 Å². The van der Waals surface area contributed by atoms with Crippen molar-refractivity contribution in [1.29, 1.82) is 0 Å². The third-order valence-electron chi connectivity index (χ3n) is 3.92. The van der Waals surface area contributed by atoms with E-state index in [0.717, 1.165) is 44.4 Å². The normalized spacial score (nSPS) is 25.2. The molecule has 2 nitrogen and oxygen atoms in total. The highest BCUT2D eigenvalue weighted by atomic mass is 19.1. The first-order chi connectivity index (χ1) is 9.17. The van der Waals surface area contributed by atoms with Crippen LogP contribution in [0.4, 0.5) is 4.39 Å². The predicted molar refractivity (Wildman–Crippen MR) is 75.6 cm³/mol. The molecule has 1 N–H and O–H groups in total. The van der Waals surface area contributed by atoms with E-state index in [2.05, 4.69) is 19.2 Å². The Balaban J connectivity index is 2.27. The Bertz CT molecular complexity index is 401. The summed E-state index contributed by atoms with van der Waals surface area (Å²) in [6.07, 6.45) is 4.26. The van der Waals surface area contributed by atoms with Crippen molar-refractivity contribution < 1.29 is 9.13 Å². The van der Waals surface area contributed by atoms with Crippen LogP contribution in [0.3, 0.4) is 0 Å². The summed E-state index contributed by atoms with van der Waals surface area (Å²) in [6.45, 7) is 5.87. The van der Waals surface area contributed by atoms with Crippen molar-refractivity contribution in [3.63, 3.8) is 0 Å². The molecule has 0 radical (unpaired) electrons. The molecule has 19 heavy (non-hydrogen) atoms. The fraction of sp³-hybridized carbons (Fsp3) is 0.625. The molecular weight excluding hydrogens is 241 g/mol. The maximum atomic E-state index is 14.1. The number of ether oxygens (including phenoxy) is 1. The first-order valence-electron chi connectivity index (χ1n) is 7.29. The summed E-state index contributed by atoms with van der Waals surface area (Å²) in [5.74, 6) is -0.147. The van der Waals surface area contributed by atoms with E-state index in [-0.39, 0.29) is 17.5 Å². The highest BCUT2D eigenvalue weighted by Crippen LogP contribution is 2.37. The van der Waals surface area contributed by atoms with Crippen LogP contribution in [0.25, 0.3) is 0 Å². The van der Waals surface area contributed by atoms with Crippen molar-refractivity contribution >= 4 is 0 Å². The van der Waals surface area contributed by atoms with Gasteiger partial charge in [0, 0.05) is 12.2 Å². The van der Waals surface area contributed by atoms with E-state index in [1.54, 1.807) is 6.07 Å². The minimum atomic E-state index is -0.310. The quantitative estimate of drug-likeness (QED) is 0.873. The topological polar surface area (TPSA) is 21.3 Å². The molecule has 1 aliphatic rings. The standard InChI is InChI=1S/C16H24FNO/c1-3-11-18-15(13-8-4-5-9-14(13)17)16(2)10-6-7-12-19-16/h4-5,8-9,15,18H,3,6-7,10-12H2,1-2H3. The van der Waals surface area contributed by atoms with Crippen LogP contribution in [-0.2, 0) is 4.74 Å². The van der Waals surface area contributed by atoms with Crippen LogP contribution in [0.15, 0.2) is 24.3 Å². The minimum absolute atomic E-state index is 0.0750. The number of hydrogen-bond donors (Lipinski definition) is 1. The number of halogens is 1. The van der Waals surface area contributed by atoms with E-state index >= 15 is 0 Å². The molecule has 2 rings (SSSR count). The van der Waals surface area contributed by atoms with Gasteiger partial charge in [0.25, 0.3) is 0 Å². The molecule has 1 aliphatic heterocycles. The van der Waals surface area contributed by atoms with Gasteiger partial charge in [-0.05, 0) is 45.2 Å². The molecular formula is C16H24FNO. The second-order valence-electron chi connectivity index (χ2n) is 5.53. The van der Waals surface area contributed by atoms with E-state index in [4.69, 9.17) is 4.74 Å². The molecule has 2 atom stereocenters. The van der Waals surface area contributed by atoms with Gasteiger partial charge in [0.05, 0.1) is 11.6 Å². The van der Waals surface area contributed by atoms with Crippen LogP contribution in [0.1, 0.15) is 51.1 Å². The van der Waals surface area contributed by atoms with Crippen LogP contribution in [0, 0.1) is 5.82 Å². The van der Waals surface area contributed by atoms with E-state index in [1.807, 2.05) is 12.1 Å². The second kappa shape index (κ2) is 6.49. The Morgan fingerprint density at radius 2 is 2.16 bits per heavy atom. The summed E-state index contributed by atoms with van der Waals surface area (Å²) >= 11 is 0. The van der Waals surface area contributed by atoms with Gasteiger partial charge in [-0.2, -0.15) is 0 Å². The molecule has 1 aromatic rings. The first-order valence-corrected chi connectivity index (χ1v) is 7.29. The molecule has 0 bridgehead atoms. The van der Waals surface area contributed by atoms with E-state index in [0.29, 0.717) is 0 Å². The summed E-state index contributed by atoms with van der Waals surface area (Å²) in [5.41, 5.74) is 0.413. The van der Waals surface area contributed by atoms with Gasteiger partial charge in [0.1, 0.15) is 5.82 Å². The molecule has 0 aromatic heterocycles. The molecule has 106 valence electrons. The minimum Gasteiger partial charge on any atom is -0.373 e. The van der Waals surface area contributed by atoms with Gasteiger partial charge >= 0.3 is 0 Å². The van der Waals surface area contributed by atoms with Gasteiger partial charge in [-0.3, -0.25) is 0 Å². The second-order valence-corrected chi connectivity index (χ2v) is 5.53. The average molecular weight is 265 g/mol.